The predicted octanol–water partition coefficient (Wildman–Crippen LogP) is 3.12. The molecule has 25 heavy (non-hydrogen) atoms. The summed E-state index contributed by atoms with van der Waals surface area (Å²) >= 11 is 3.81. The molecule has 2 aromatic heterocycles. The van der Waals surface area contributed by atoms with Crippen LogP contribution in [0.3, 0.4) is 0 Å². The van der Waals surface area contributed by atoms with Gasteiger partial charge in [-0.2, -0.15) is 11.8 Å². The number of aryl methyl sites for hydroxylation is 2. The van der Waals surface area contributed by atoms with Gasteiger partial charge in [0.2, 0.25) is 0 Å². The van der Waals surface area contributed by atoms with E-state index in [1.54, 1.807) is 11.3 Å². The van der Waals surface area contributed by atoms with Gasteiger partial charge in [-0.05, 0) is 33.9 Å². The number of aromatic nitrogens is 4. The van der Waals surface area contributed by atoms with Crippen LogP contribution in [-0.2, 0) is 13.0 Å². The standard InChI is InChI=1S/C18H21N5S2/c1-2-5-15(6-3-1)8-9-23-18(19-20-21-23)17(16-7-4-12-25-16)22-10-13-24-14-11-22/h1-7,12,17H,8-11,13-14H2/t17-/m1/s1. The van der Waals surface area contributed by atoms with Crippen molar-refractivity contribution in [1.82, 2.24) is 25.1 Å². The summed E-state index contributed by atoms with van der Waals surface area (Å²) in [6.45, 7) is 2.97. The fourth-order valence-electron chi connectivity index (χ4n) is 3.20. The third-order valence-electron chi connectivity index (χ3n) is 4.48. The molecule has 1 atom stereocenters. The fraction of sp³-hybridized carbons (Fsp3) is 0.389. The van der Waals surface area contributed by atoms with Crippen LogP contribution in [0.4, 0.5) is 0 Å². The topological polar surface area (TPSA) is 46.8 Å². The second kappa shape index (κ2) is 8.12. The number of thioether (sulfide) groups is 1. The quantitative estimate of drug-likeness (QED) is 0.666. The second-order valence-corrected chi connectivity index (χ2v) is 8.27. The van der Waals surface area contributed by atoms with Gasteiger partial charge in [-0.3, -0.25) is 4.90 Å². The zero-order valence-corrected chi connectivity index (χ0v) is 15.6. The minimum Gasteiger partial charge on any atom is -0.287 e. The summed E-state index contributed by atoms with van der Waals surface area (Å²) in [5.41, 5.74) is 1.31. The van der Waals surface area contributed by atoms with Gasteiger partial charge in [0.05, 0.1) is 0 Å². The molecule has 0 bridgehead atoms. The van der Waals surface area contributed by atoms with E-state index in [0.29, 0.717) is 0 Å². The molecule has 0 radical (unpaired) electrons. The van der Waals surface area contributed by atoms with Crippen molar-refractivity contribution in [3.05, 3.63) is 64.1 Å². The van der Waals surface area contributed by atoms with E-state index < -0.39 is 0 Å². The molecule has 0 amide bonds. The van der Waals surface area contributed by atoms with E-state index in [1.165, 1.54) is 21.9 Å². The molecule has 1 aliphatic rings. The highest BCUT2D eigenvalue weighted by Crippen LogP contribution is 2.32. The first-order chi connectivity index (χ1) is 12.4. The Labute approximate surface area is 156 Å². The Kier molecular flexibility index (Phi) is 5.44. The largest absolute Gasteiger partial charge is 0.287 e. The molecule has 0 aliphatic carbocycles. The molecule has 0 saturated carbocycles. The van der Waals surface area contributed by atoms with Gasteiger partial charge in [-0.15, -0.1) is 16.4 Å². The van der Waals surface area contributed by atoms with Crippen LogP contribution in [0.25, 0.3) is 0 Å². The van der Waals surface area contributed by atoms with E-state index in [0.717, 1.165) is 31.9 Å². The summed E-state index contributed by atoms with van der Waals surface area (Å²) in [5, 5.41) is 14.8. The molecule has 0 spiro atoms. The summed E-state index contributed by atoms with van der Waals surface area (Å²) in [5.74, 6) is 3.31. The van der Waals surface area contributed by atoms with E-state index in [2.05, 4.69) is 62.2 Å². The monoisotopic (exact) mass is 371 g/mol. The average Bonchev–Trinajstić information content (AvgIpc) is 3.35. The number of rotatable bonds is 6. The summed E-state index contributed by atoms with van der Waals surface area (Å²) in [7, 11) is 0. The summed E-state index contributed by atoms with van der Waals surface area (Å²) in [6.07, 6.45) is 0.936. The Morgan fingerprint density at radius 3 is 2.64 bits per heavy atom. The molecule has 130 valence electrons. The molecule has 3 aromatic rings. The average molecular weight is 372 g/mol. The van der Waals surface area contributed by atoms with Gasteiger partial charge in [-0.1, -0.05) is 36.4 Å². The number of nitrogens with zero attached hydrogens (tertiary/aromatic N) is 5. The van der Waals surface area contributed by atoms with E-state index >= 15 is 0 Å². The Hall–Kier alpha value is -1.70. The summed E-state index contributed by atoms with van der Waals surface area (Å²) in [4.78, 5) is 3.84. The Morgan fingerprint density at radius 2 is 1.88 bits per heavy atom. The van der Waals surface area contributed by atoms with Crippen molar-refractivity contribution in [1.29, 1.82) is 0 Å². The molecule has 3 heterocycles. The van der Waals surface area contributed by atoms with Crippen molar-refractivity contribution in [2.24, 2.45) is 0 Å². The van der Waals surface area contributed by atoms with Gasteiger partial charge >= 0.3 is 0 Å². The van der Waals surface area contributed by atoms with Gasteiger partial charge in [0.1, 0.15) is 6.04 Å². The first-order valence-corrected chi connectivity index (χ1v) is 10.6. The van der Waals surface area contributed by atoms with Crippen molar-refractivity contribution in [3.8, 4) is 0 Å². The molecule has 5 nitrogen and oxygen atoms in total. The van der Waals surface area contributed by atoms with E-state index in [9.17, 15) is 0 Å². The van der Waals surface area contributed by atoms with Crippen LogP contribution >= 0.6 is 23.1 Å². The van der Waals surface area contributed by atoms with E-state index in [-0.39, 0.29) is 6.04 Å². The second-order valence-electron chi connectivity index (χ2n) is 6.06. The van der Waals surface area contributed by atoms with Crippen LogP contribution in [0.2, 0.25) is 0 Å². The fourth-order valence-corrected chi connectivity index (χ4v) is 4.99. The molecule has 7 heteroatoms. The van der Waals surface area contributed by atoms with Crippen molar-refractivity contribution in [2.75, 3.05) is 24.6 Å². The molecular formula is C18H21N5S2. The highest BCUT2D eigenvalue weighted by molar-refractivity contribution is 7.99. The smallest absolute Gasteiger partial charge is 0.173 e. The third kappa shape index (κ3) is 3.94. The maximum absolute atomic E-state index is 4.42. The van der Waals surface area contributed by atoms with Gasteiger partial charge in [0, 0.05) is 36.0 Å². The predicted molar refractivity (Wildman–Crippen MR) is 103 cm³/mol. The molecule has 1 aromatic carbocycles. The molecule has 0 N–H and O–H groups in total. The lowest BCUT2D eigenvalue weighted by Crippen LogP contribution is -2.37. The minimum absolute atomic E-state index is 0.159. The lowest BCUT2D eigenvalue weighted by molar-refractivity contribution is 0.237. The Morgan fingerprint density at radius 1 is 1.04 bits per heavy atom. The molecular weight excluding hydrogens is 350 g/mol. The summed E-state index contributed by atoms with van der Waals surface area (Å²) < 4.78 is 1.99. The number of benzene rings is 1. The van der Waals surface area contributed by atoms with E-state index in [1.807, 2.05) is 22.5 Å². The molecule has 1 aliphatic heterocycles. The maximum Gasteiger partial charge on any atom is 0.173 e. The third-order valence-corrected chi connectivity index (χ3v) is 6.35. The first kappa shape index (κ1) is 16.8. The van der Waals surface area contributed by atoms with E-state index in [4.69, 9.17) is 0 Å². The molecule has 1 saturated heterocycles. The van der Waals surface area contributed by atoms with Crippen molar-refractivity contribution >= 4 is 23.1 Å². The van der Waals surface area contributed by atoms with Gasteiger partial charge in [-0.25, -0.2) is 4.68 Å². The lowest BCUT2D eigenvalue weighted by Gasteiger charge is -2.32. The number of hydrogen-bond donors (Lipinski definition) is 0. The van der Waals surface area contributed by atoms with Gasteiger partial charge in [0.15, 0.2) is 5.82 Å². The Balaban J connectivity index is 1.58. The van der Waals surface area contributed by atoms with Crippen molar-refractivity contribution in [2.45, 2.75) is 19.0 Å². The minimum atomic E-state index is 0.159. The summed E-state index contributed by atoms with van der Waals surface area (Å²) in [6, 6.07) is 15.0. The van der Waals surface area contributed by atoms with Gasteiger partial charge < -0.3 is 0 Å². The zero-order valence-electron chi connectivity index (χ0n) is 14.0. The number of tetrazole rings is 1. The molecule has 0 unspecified atom stereocenters. The Bertz CT molecular complexity index is 766. The lowest BCUT2D eigenvalue weighted by atomic mass is 10.1. The van der Waals surface area contributed by atoms with Crippen LogP contribution in [0, 0.1) is 0 Å². The van der Waals surface area contributed by atoms with Crippen LogP contribution in [-0.4, -0.2) is 49.7 Å². The SMILES string of the molecule is c1ccc(CCn2nnnc2[C@@H](c2cccs2)N2CCSCC2)cc1. The van der Waals surface area contributed by atoms with Crippen molar-refractivity contribution < 1.29 is 0 Å². The van der Waals surface area contributed by atoms with Crippen LogP contribution in [0.15, 0.2) is 47.8 Å². The van der Waals surface area contributed by atoms with Crippen molar-refractivity contribution in [3.63, 3.8) is 0 Å². The highest BCUT2D eigenvalue weighted by Gasteiger charge is 2.29. The number of thiophene rings is 1. The maximum atomic E-state index is 4.42. The van der Waals surface area contributed by atoms with Gasteiger partial charge in [0.25, 0.3) is 0 Å². The molecule has 1 fully saturated rings. The van der Waals surface area contributed by atoms with Crippen LogP contribution in [0.1, 0.15) is 22.3 Å². The van der Waals surface area contributed by atoms with Crippen LogP contribution in [0.5, 0.6) is 0 Å². The normalized spacial score (nSPS) is 16.8. The number of hydrogen-bond acceptors (Lipinski definition) is 6. The highest BCUT2D eigenvalue weighted by atomic mass is 32.2. The first-order valence-electron chi connectivity index (χ1n) is 8.57. The van der Waals surface area contributed by atoms with Crippen LogP contribution < -0.4 is 0 Å². The zero-order chi connectivity index (χ0) is 16.9. The molecule has 4 rings (SSSR count).